The molecule has 5 N–H and O–H groups in total. The Hall–Kier alpha value is 1.55. The fraction of sp³-hybridized carbons (Fsp3) is 1.00. The Bertz CT molecular complexity index is 408. The van der Waals surface area contributed by atoms with Gasteiger partial charge in [-0.1, -0.05) is 0 Å². The van der Waals surface area contributed by atoms with Crippen LogP contribution >= 0.6 is 34.8 Å². The number of aliphatic hydroxyl groups is 5. The van der Waals surface area contributed by atoms with Crippen LogP contribution in [0.4, 0.5) is 0 Å². The van der Waals surface area contributed by atoms with E-state index in [4.69, 9.17) is 49.0 Å². The van der Waals surface area contributed by atoms with Gasteiger partial charge in [0.25, 0.3) is 0 Å². The standard InChI is InChI=1S/C12H19Cl3O8.Na/c13-1-4-7(17)10(20)12(3-14,22-4)23-11-9(19)8(18)6(15)5(2-16)21-11;/h4-11,16-20H,1-3H2;/q;+1/t4-,5-,6+,7-,8+,9-,10+,11-,12+;/m1./s1. The molecule has 0 bridgehead atoms. The largest absolute Gasteiger partial charge is 1.00 e. The third-order valence-corrected chi connectivity index (χ3v) is 5.17. The van der Waals surface area contributed by atoms with Gasteiger partial charge in [-0.05, 0) is 0 Å². The molecule has 12 heteroatoms. The van der Waals surface area contributed by atoms with Gasteiger partial charge in [0.15, 0.2) is 6.29 Å². The maximum atomic E-state index is 10.1. The molecule has 0 amide bonds. The average Bonchev–Trinajstić information content (AvgIpc) is 2.80. The first-order chi connectivity index (χ1) is 10.8. The molecule has 0 saturated carbocycles. The summed E-state index contributed by atoms with van der Waals surface area (Å²) in [5.41, 5.74) is 0. The first kappa shape index (κ1) is 23.6. The predicted molar refractivity (Wildman–Crippen MR) is 79.5 cm³/mol. The van der Waals surface area contributed by atoms with Gasteiger partial charge in [0, 0.05) is 0 Å². The summed E-state index contributed by atoms with van der Waals surface area (Å²) in [5, 5.41) is 48.1. The molecule has 2 aliphatic rings. The number of rotatable bonds is 5. The molecule has 0 aliphatic carbocycles. The van der Waals surface area contributed by atoms with Crippen LogP contribution in [0.25, 0.3) is 0 Å². The number of alkyl halides is 3. The van der Waals surface area contributed by atoms with E-state index in [2.05, 4.69) is 0 Å². The van der Waals surface area contributed by atoms with Crippen molar-refractivity contribution < 1.29 is 69.3 Å². The molecule has 0 aromatic carbocycles. The third-order valence-electron chi connectivity index (χ3n) is 3.96. The maximum Gasteiger partial charge on any atom is 1.00 e. The zero-order valence-corrected chi connectivity index (χ0v) is 17.1. The van der Waals surface area contributed by atoms with Crippen LogP contribution in [-0.4, -0.2) is 98.0 Å². The second-order valence-corrected chi connectivity index (χ2v) is 6.54. The summed E-state index contributed by atoms with van der Waals surface area (Å²) in [4.78, 5) is 0. The van der Waals surface area contributed by atoms with Crippen molar-refractivity contribution in [2.75, 3.05) is 18.4 Å². The van der Waals surface area contributed by atoms with E-state index in [1.54, 1.807) is 0 Å². The minimum absolute atomic E-state index is 0. The van der Waals surface area contributed by atoms with E-state index < -0.39 is 66.6 Å². The Kier molecular flexibility index (Phi) is 9.49. The van der Waals surface area contributed by atoms with E-state index in [0.29, 0.717) is 0 Å². The van der Waals surface area contributed by atoms with Gasteiger partial charge in [-0.25, -0.2) is 0 Å². The summed E-state index contributed by atoms with van der Waals surface area (Å²) < 4.78 is 16.1. The molecule has 9 atom stereocenters. The molecule has 2 saturated heterocycles. The minimum atomic E-state index is -1.90. The monoisotopic (exact) mass is 419 g/mol. The fourth-order valence-corrected chi connectivity index (χ4v) is 3.37. The molecule has 24 heavy (non-hydrogen) atoms. The van der Waals surface area contributed by atoms with Crippen LogP contribution in [0.15, 0.2) is 0 Å². The van der Waals surface area contributed by atoms with Crippen LogP contribution in [-0.2, 0) is 14.2 Å². The summed E-state index contributed by atoms with van der Waals surface area (Å²) >= 11 is 17.3. The van der Waals surface area contributed by atoms with Crippen LogP contribution < -0.4 is 29.6 Å². The predicted octanol–water partition coefficient (Wildman–Crippen LogP) is -4.65. The van der Waals surface area contributed by atoms with Crippen LogP contribution in [0.1, 0.15) is 0 Å². The van der Waals surface area contributed by atoms with Crippen LogP contribution in [0, 0.1) is 0 Å². The smallest absolute Gasteiger partial charge is 0.394 e. The Morgan fingerprint density at radius 1 is 1.00 bits per heavy atom. The quantitative estimate of drug-likeness (QED) is 0.222. The van der Waals surface area contributed by atoms with E-state index in [1.165, 1.54) is 0 Å². The Labute approximate surface area is 175 Å². The van der Waals surface area contributed by atoms with Gasteiger partial charge in [0.2, 0.25) is 5.79 Å². The second-order valence-electron chi connectivity index (χ2n) is 5.46. The van der Waals surface area contributed by atoms with Crippen LogP contribution in [0.2, 0.25) is 0 Å². The van der Waals surface area contributed by atoms with Crippen molar-refractivity contribution >= 4 is 34.8 Å². The SMILES string of the molecule is OC[C@H]1O[C@H](O[C@]2(CCl)O[C@H](CCl)[C@@H](O)[C@@H]2O)[C@H](O)[C@@H](O)[C@H]1Cl.[Na+]. The number of hydrogen-bond acceptors (Lipinski definition) is 8. The summed E-state index contributed by atoms with van der Waals surface area (Å²) in [6, 6.07) is 0. The topological polar surface area (TPSA) is 129 Å². The zero-order chi connectivity index (χ0) is 17.4. The molecule has 136 valence electrons. The van der Waals surface area contributed by atoms with Crippen molar-refractivity contribution in [3.63, 3.8) is 0 Å². The van der Waals surface area contributed by atoms with Crippen molar-refractivity contribution in [1.82, 2.24) is 0 Å². The Morgan fingerprint density at radius 3 is 2.08 bits per heavy atom. The summed E-state index contributed by atoms with van der Waals surface area (Å²) in [7, 11) is 0. The zero-order valence-electron chi connectivity index (χ0n) is 12.8. The fourth-order valence-electron chi connectivity index (χ4n) is 2.56. The van der Waals surface area contributed by atoms with Gasteiger partial charge in [-0.2, -0.15) is 0 Å². The normalized spacial score (nSPS) is 49.0. The Morgan fingerprint density at radius 2 is 1.62 bits per heavy atom. The van der Waals surface area contributed by atoms with Crippen molar-refractivity contribution in [2.45, 2.75) is 54.1 Å². The number of ether oxygens (including phenoxy) is 3. The summed E-state index contributed by atoms with van der Waals surface area (Å²) in [6.07, 6.45) is -9.39. The summed E-state index contributed by atoms with van der Waals surface area (Å²) in [5.74, 6) is -2.43. The molecule has 8 nitrogen and oxygen atoms in total. The van der Waals surface area contributed by atoms with E-state index in [0.717, 1.165) is 0 Å². The van der Waals surface area contributed by atoms with Gasteiger partial charge < -0.3 is 39.7 Å². The summed E-state index contributed by atoms with van der Waals surface area (Å²) in [6.45, 7) is -0.526. The number of aliphatic hydroxyl groups excluding tert-OH is 5. The van der Waals surface area contributed by atoms with Crippen molar-refractivity contribution in [3.05, 3.63) is 0 Å². The third kappa shape index (κ3) is 4.34. The molecule has 0 aromatic rings. The molecule has 0 aromatic heterocycles. The van der Waals surface area contributed by atoms with Crippen molar-refractivity contribution in [3.8, 4) is 0 Å². The molecule has 2 fully saturated rings. The van der Waals surface area contributed by atoms with Gasteiger partial charge in [-0.3, -0.25) is 0 Å². The first-order valence-corrected chi connectivity index (χ1v) is 8.42. The number of halogens is 3. The van der Waals surface area contributed by atoms with Gasteiger partial charge in [-0.15, -0.1) is 34.8 Å². The van der Waals surface area contributed by atoms with Gasteiger partial charge in [0.05, 0.1) is 23.7 Å². The van der Waals surface area contributed by atoms with Crippen molar-refractivity contribution in [1.29, 1.82) is 0 Å². The van der Waals surface area contributed by atoms with Crippen molar-refractivity contribution in [2.24, 2.45) is 0 Å². The molecule has 2 heterocycles. The Balaban J connectivity index is 0.00000288. The molecule has 2 aliphatic heterocycles. The minimum Gasteiger partial charge on any atom is -0.394 e. The van der Waals surface area contributed by atoms with E-state index >= 15 is 0 Å². The van der Waals surface area contributed by atoms with Gasteiger partial charge in [0.1, 0.15) is 36.6 Å². The molecule has 0 spiro atoms. The maximum absolute atomic E-state index is 10.1. The molecular weight excluding hydrogens is 401 g/mol. The van der Waals surface area contributed by atoms with Crippen LogP contribution in [0.5, 0.6) is 0 Å². The van der Waals surface area contributed by atoms with Crippen LogP contribution in [0.3, 0.4) is 0 Å². The van der Waals surface area contributed by atoms with E-state index in [-0.39, 0.29) is 35.4 Å². The van der Waals surface area contributed by atoms with E-state index in [9.17, 15) is 25.5 Å². The van der Waals surface area contributed by atoms with Gasteiger partial charge >= 0.3 is 29.6 Å². The first-order valence-electron chi connectivity index (χ1n) is 6.91. The number of hydrogen-bond donors (Lipinski definition) is 5. The average molecular weight is 421 g/mol. The molecule has 0 radical (unpaired) electrons. The van der Waals surface area contributed by atoms with E-state index in [1.807, 2.05) is 0 Å². The molecule has 0 unspecified atom stereocenters. The molecular formula is C12H19Cl3NaO8+. The second kappa shape index (κ2) is 9.66. The molecule has 2 rings (SSSR count).